The third-order valence-electron chi connectivity index (χ3n) is 2.14. The number of hydrogen-bond acceptors (Lipinski definition) is 4. The van der Waals surface area contributed by atoms with Crippen molar-refractivity contribution in [1.29, 1.82) is 0 Å². The minimum absolute atomic E-state index is 0.0281. The second-order valence-corrected chi connectivity index (χ2v) is 3.73. The van der Waals surface area contributed by atoms with E-state index in [1.54, 1.807) is 6.07 Å². The SMILES string of the molecule is O=C(Nc1ccc(Cl)c(F)c1)C1CNNN1. The van der Waals surface area contributed by atoms with Crippen LogP contribution >= 0.6 is 11.6 Å². The van der Waals surface area contributed by atoms with Gasteiger partial charge in [-0.3, -0.25) is 4.79 Å². The summed E-state index contributed by atoms with van der Waals surface area (Å²) in [6.45, 7) is 0.460. The zero-order valence-corrected chi connectivity index (χ0v) is 8.94. The molecule has 1 unspecified atom stereocenters. The van der Waals surface area contributed by atoms with Crippen LogP contribution < -0.4 is 21.7 Å². The Balaban J connectivity index is 2.02. The fourth-order valence-corrected chi connectivity index (χ4v) is 1.42. The van der Waals surface area contributed by atoms with Crippen molar-refractivity contribution >= 4 is 23.2 Å². The van der Waals surface area contributed by atoms with Crippen LogP contribution in [0.25, 0.3) is 0 Å². The van der Waals surface area contributed by atoms with Crippen molar-refractivity contribution in [2.45, 2.75) is 6.04 Å². The number of nitrogens with one attached hydrogen (secondary N) is 4. The van der Waals surface area contributed by atoms with Gasteiger partial charge >= 0.3 is 0 Å². The van der Waals surface area contributed by atoms with E-state index in [4.69, 9.17) is 11.6 Å². The first-order chi connectivity index (χ1) is 7.66. The molecular formula is C9H10ClFN4O. The Kier molecular flexibility index (Phi) is 3.35. The molecule has 16 heavy (non-hydrogen) atoms. The summed E-state index contributed by atoms with van der Waals surface area (Å²) in [5.74, 6) is -0.811. The Morgan fingerprint density at radius 1 is 1.56 bits per heavy atom. The number of carbonyl (C=O) groups is 1. The monoisotopic (exact) mass is 244 g/mol. The summed E-state index contributed by atoms with van der Waals surface area (Å²) in [5.41, 5.74) is 8.43. The Bertz CT molecular complexity index is 408. The lowest BCUT2D eigenvalue weighted by Gasteiger charge is -2.09. The minimum Gasteiger partial charge on any atom is -0.325 e. The van der Waals surface area contributed by atoms with E-state index in [1.807, 2.05) is 0 Å². The maximum Gasteiger partial charge on any atom is 0.244 e. The fourth-order valence-electron chi connectivity index (χ4n) is 1.30. The molecule has 4 N–H and O–H groups in total. The van der Waals surface area contributed by atoms with Crippen LogP contribution in [-0.2, 0) is 4.79 Å². The van der Waals surface area contributed by atoms with Gasteiger partial charge in [-0.1, -0.05) is 11.6 Å². The molecule has 1 atom stereocenters. The number of benzene rings is 1. The van der Waals surface area contributed by atoms with Gasteiger partial charge in [0.2, 0.25) is 5.91 Å². The molecule has 0 aliphatic carbocycles. The summed E-state index contributed by atoms with van der Waals surface area (Å²) in [5, 5.41) is 2.60. The Morgan fingerprint density at radius 2 is 2.38 bits per heavy atom. The average Bonchev–Trinajstić information content (AvgIpc) is 2.77. The second kappa shape index (κ2) is 4.75. The zero-order chi connectivity index (χ0) is 11.5. The quantitative estimate of drug-likeness (QED) is 0.608. The van der Waals surface area contributed by atoms with Crippen molar-refractivity contribution in [1.82, 2.24) is 16.4 Å². The van der Waals surface area contributed by atoms with Crippen LogP contribution in [0.2, 0.25) is 5.02 Å². The van der Waals surface area contributed by atoms with Gasteiger partial charge in [-0.05, 0) is 18.2 Å². The number of hydrogen-bond donors (Lipinski definition) is 4. The van der Waals surface area contributed by atoms with Crippen LogP contribution in [0.3, 0.4) is 0 Å². The predicted molar refractivity (Wildman–Crippen MR) is 58.1 cm³/mol. The predicted octanol–water partition coefficient (Wildman–Crippen LogP) is 0.399. The first-order valence-corrected chi connectivity index (χ1v) is 5.04. The minimum atomic E-state index is -0.560. The highest BCUT2D eigenvalue weighted by Crippen LogP contribution is 2.18. The van der Waals surface area contributed by atoms with Gasteiger partial charge in [0.1, 0.15) is 11.9 Å². The normalized spacial score (nSPS) is 19.8. The number of anilines is 1. The van der Waals surface area contributed by atoms with Gasteiger partial charge in [0.05, 0.1) is 5.02 Å². The van der Waals surface area contributed by atoms with Crippen LogP contribution in [0.4, 0.5) is 10.1 Å². The molecule has 0 radical (unpaired) electrons. The van der Waals surface area contributed by atoms with Gasteiger partial charge in [-0.25, -0.2) is 15.2 Å². The lowest BCUT2D eigenvalue weighted by Crippen LogP contribution is -2.40. The van der Waals surface area contributed by atoms with Crippen molar-refractivity contribution in [3.05, 3.63) is 29.0 Å². The molecular weight excluding hydrogens is 235 g/mol. The fraction of sp³-hybridized carbons (Fsp3) is 0.222. The van der Waals surface area contributed by atoms with Gasteiger partial charge in [0.15, 0.2) is 0 Å². The summed E-state index contributed by atoms with van der Waals surface area (Å²) >= 11 is 5.52. The third-order valence-corrected chi connectivity index (χ3v) is 2.45. The zero-order valence-electron chi connectivity index (χ0n) is 8.18. The highest BCUT2D eigenvalue weighted by Gasteiger charge is 2.21. The summed E-state index contributed by atoms with van der Waals surface area (Å²) in [6.07, 6.45) is 0. The van der Waals surface area contributed by atoms with E-state index >= 15 is 0 Å². The van der Waals surface area contributed by atoms with Gasteiger partial charge in [-0.2, -0.15) is 5.53 Å². The summed E-state index contributed by atoms with van der Waals surface area (Å²) in [6, 6.07) is 3.72. The van der Waals surface area contributed by atoms with Crippen molar-refractivity contribution in [2.24, 2.45) is 0 Å². The number of carbonyl (C=O) groups excluding carboxylic acids is 1. The molecule has 0 saturated carbocycles. The van der Waals surface area contributed by atoms with E-state index in [9.17, 15) is 9.18 Å². The Labute approximate surface area is 96.3 Å². The lowest BCUT2D eigenvalue weighted by molar-refractivity contribution is -0.117. The van der Waals surface area contributed by atoms with Gasteiger partial charge < -0.3 is 5.32 Å². The van der Waals surface area contributed by atoms with Crippen molar-refractivity contribution < 1.29 is 9.18 Å². The molecule has 1 aliphatic rings. The van der Waals surface area contributed by atoms with Crippen LogP contribution in [0.5, 0.6) is 0 Å². The average molecular weight is 245 g/mol. The third kappa shape index (κ3) is 2.48. The molecule has 5 nitrogen and oxygen atoms in total. The second-order valence-electron chi connectivity index (χ2n) is 3.32. The van der Waals surface area contributed by atoms with Crippen LogP contribution in [0, 0.1) is 5.82 Å². The Hall–Kier alpha value is -1.21. The summed E-state index contributed by atoms with van der Waals surface area (Å²) < 4.78 is 13.1. The van der Waals surface area contributed by atoms with Crippen LogP contribution in [0.15, 0.2) is 18.2 Å². The molecule has 1 aromatic carbocycles. The lowest BCUT2D eigenvalue weighted by atomic mass is 10.2. The molecule has 1 fully saturated rings. The molecule has 2 rings (SSSR count). The topological polar surface area (TPSA) is 65.2 Å². The molecule has 0 aromatic heterocycles. The molecule has 0 bridgehead atoms. The molecule has 1 aromatic rings. The molecule has 1 aliphatic heterocycles. The standard InChI is InChI=1S/C9H10ClFN4O/c10-6-2-1-5(3-7(6)11)13-9(16)8-4-12-15-14-8/h1-3,8,12,14-15H,4H2,(H,13,16). The molecule has 0 spiro atoms. The van der Waals surface area contributed by atoms with E-state index in [1.165, 1.54) is 12.1 Å². The number of halogens is 2. The maximum atomic E-state index is 13.1. The summed E-state index contributed by atoms with van der Waals surface area (Å²) in [7, 11) is 0. The van der Waals surface area contributed by atoms with Crippen molar-refractivity contribution in [3.8, 4) is 0 Å². The molecule has 1 amide bonds. The highest BCUT2D eigenvalue weighted by molar-refractivity contribution is 6.30. The molecule has 1 saturated heterocycles. The maximum absolute atomic E-state index is 13.1. The summed E-state index contributed by atoms with van der Waals surface area (Å²) in [4.78, 5) is 11.6. The Morgan fingerprint density at radius 3 is 3.00 bits per heavy atom. The van der Waals surface area contributed by atoms with E-state index in [2.05, 4.69) is 21.7 Å². The molecule has 7 heteroatoms. The number of hydrazine groups is 2. The first-order valence-electron chi connectivity index (χ1n) is 4.66. The molecule has 86 valence electrons. The van der Waals surface area contributed by atoms with Crippen LogP contribution in [0.1, 0.15) is 0 Å². The van der Waals surface area contributed by atoms with Crippen LogP contribution in [-0.4, -0.2) is 18.5 Å². The van der Waals surface area contributed by atoms with Crippen molar-refractivity contribution in [2.75, 3.05) is 11.9 Å². The van der Waals surface area contributed by atoms with E-state index in [0.717, 1.165) is 0 Å². The highest BCUT2D eigenvalue weighted by atomic mass is 35.5. The van der Waals surface area contributed by atoms with E-state index in [-0.39, 0.29) is 10.9 Å². The largest absolute Gasteiger partial charge is 0.325 e. The van der Waals surface area contributed by atoms with Gasteiger partial charge in [0, 0.05) is 12.2 Å². The smallest absolute Gasteiger partial charge is 0.244 e. The van der Waals surface area contributed by atoms with Gasteiger partial charge in [-0.15, -0.1) is 0 Å². The van der Waals surface area contributed by atoms with Crippen molar-refractivity contribution in [3.63, 3.8) is 0 Å². The van der Waals surface area contributed by atoms with E-state index < -0.39 is 11.9 Å². The molecule has 1 heterocycles. The number of rotatable bonds is 2. The first kappa shape index (κ1) is 11.3. The van der Waals surface area contributed by atoms with E-state index in [0.29, 0.717) is 12.2 Å². The van der Waals surface area contributed by atoms with Gasteiger partial charge in [0.25, 0.3) is 0 Å². The number of amides is 1.